The minimum absolute atomic E-state index is 0.344. The van der Waals surface area contributed by atoms with Gasteiger partial charge < -0.3 is 20.1 Å². The Labute approximate surface area is 111 Å². The smallest absolute Gasteiger partial charge is 0.0897 e. The molecule has 4 nitrogen and oxygen atoms in total. The normalized spacial score (nSPS) is 13.1. The molecule has 2 aromatic rings. The first-order valence-electron chi connectivity index (χ1n) is 5.84. The van der Waals surface area contributed by atoms with Crippen LogP contribution in [0.4, 0.5) is 0 Å². The summed E-state index contributed by atoms with van der Waals surface area (Å²) in [6, 6.07) is 5.78. The average molecular weight is 269 g/mol. The second-order valence-electron chi connectivity index (χ2n) is 4.24. The van der Waals surface area contributed by atoms with Crippen LogP contribution in [-0.4, -0.2) is 36.5 Å². The van der Waals surface area contributed by atoms with Gasteiger partial charge in [0.05, 0.1) is 12.7 Å². The number of ether oxygens (including phenoxy) is 1. The second kappa shape index (κ2) is 6.20. The first kappa shape index (κ1) is 13.4. The number of aromatic amines is 1. The maximum Gasteiger partial charge on any atom is 0.0897 e. The molecular formula is C13H17ClN2O2. The summed E-state index contributed by atoms with van der Waals surface area (Å²) in [6.45, 7) is 1.55. The zero-order valence-electron chi connectivity index (χ0n) is 10.2. The number of rotatable bonds is 6. The van der Waals surface area contributed by atoms with Crippen molar-refractivity contribution >= 4 is 22.5 Å². The topological polar surface area (TPSA) is 57.3 Å². The van der Waals surface area contributed by atoms with Crippen molar-refractivity contribution < 1.29 is 9.84 Å². The van der Waals surface area contributed by atoms with Gasteiger partial charge in [-0.2, -0.15) is 0 Å². The van der Waals surface area contributed by atoms with Crippen molar-refractivity contribution in [1.82, 2.24) is 10.3 Å². The fourth-order valence-corrected chi connectivity index (χ4v) is 2.10. The summed E-state index contributed by atoms with van der Waals surface area (Å²) in [5.41, 5.74) is 2.18. The highest BCUT2D eigenvalue weighted by Gasteiger charge is 2.06. The molecule has 0 saturated carbocycles. The quantitative estimate of drug-likeness (QED) is 0.750. The van der Waals surface area contributed by atoms with Gasteiger partial charge in [0.1, 0.15) is 0 Å². The van der Waals surface area contributed by atoms with E-state index in [1.165, 1.54) is 0 Å². The summed E-state index contributed by atoms with van der Waals surface area (Å²) in [5, 5.41) is 14.6. The third kappa shape index (κ3) is 3.23. The standard InChI is InChI=1S/C13H17ClN2O2/c1-18-8-11(17)7-15-5-9-6-16-13-4-10(14)2-3-12(9)13/h2-4,6,11,15-17H,5,7-8H2,1H3. The lowest BCUT2D eigenvalue weighted by Gasteiger charge is -2.10. The van der Waals surface area contributed by atoms with Gasteiger partial charge >= 0.3 is 0 Å². The minimum Gasteiger partial charge on any atom is -0.389 e. The molecule has 0 bridgehead atoms. The highest BCUT2D eigenvalue weighted by Crippen LogP contribution is 2.21. The van der Waals surface area contributed by atoms with E-state index in [1.807, 2.05) is 24.4 Å². The highest BCUT2D eigenvalue weighted by atomic mass is 35.5. The van der Waals surface area contributed by atoms with E-state index in [2.05, 4.69) is 10.3 Å². The molecule has 1 unspecified atom stereocenters. The fourth-order valence-electron chi connectivity index (χ4n) is 1.93. The third-order valence-electron chi connectivity index (χ3n) is 2.78. The van der Waals surface area contributed by atoms with E-state index in [9.17, 15) is 5.11 Å². The van der Waals surface area contributed by atoms with Crippen LogP contribution >= 0.6 is 11.6 Å². The number of fused-ring (bicyclic) bond motifs is 1. The molecule has 0 radical (unpaired) electrons. The van der Waals surface area contributed by atoms with Crippen molar-refractivity contribution in [3.8, 4) is 0 Å². The number of benzene rings is 1. The Morgan fingerprint density at radius 3 is 3.11 bits per heavy atom. The van der Waals surface area contributed by atoms with Crippen LogP contribution in [-0.2, 0) is 11.3 Å². The van der Waals surface area contributed by atoms with E-state index in [0.717, 1.165) is 21.5 Å². The summed E-state index contributed by atoms with van der Waals surface area (Å²) in [6.07, 6.45) is 1.48. The predicted molar refractivity (Wildman–Crippen MR) is 72.9 cm³/mol. The Morgan fingerprint density at radius 1 is 1.50 bits per heavy atom. The SMILES string of the molecule is COCC(O)CNCc1c[nH]c2cc(Cl)ccc12. The molecule has 0 amide bonds. The number of methoxy groups -OCH3 is 1. The molecule has 1 heterocycles. The lowest BCUT2D eigenvalue weighted by Crippen LogP contribution is -2.29. The first-order chi connectivity index (χ1) is 8.70. The number of hydrogen-bond donors (Lipinski definition) is 3. The van der Waals surface area contributed by atoms with E-state index in [1.54, 1.807) is 7.11 Å². The number of aromatic nitrogens is 1. The molecule has 0 aliphatic carbocycles. The predicted octanol–water partition coefficient (Wildman–Crippen LogP) is 1.92. The molecule has 98 valence electrons. The molecule has 0 spiro atoms. The summed E-state index contributed by atoms with van der Waals surface area (Å²) in [5.74, 6) is 0. The van der Waals surface area contributed by atoms with Gasteiger partial charge in [-0.3, -0.25) is 0 Å². The van der Waals surface area contributed by atoms with Gasteiger partial charge in [0.2, 0.25) is 0 Å². The van der Waals surface area contributed by atoms with E-state index in [-0.39, 0.29) is 0 Å². The lowest BCUT2D eigenvalue weighted by atomic mass is 10.2. The number of halogens is 1. The van der Waals surface area contributed by atoms with Gasteiger partial charge in [-0.15, -0.1) is 0 Å². The first-order valence-corrected chi connectivity index (χ1v) is 6.21. The zero-order valence-corrected chi connectivity index (χ0v) is 11.0. The highest BCUT2D eigenvalue weighted by molar-refractivity contribution is 6.31. The summed E-state index contributed by atoms with van der Waals surface area (Å²) in [7, 11) is 1.58. The third-order valence-corrected chi connectivity index (χ3v) is 3.02. The van der Waals surface area contributed by atoms with Gasteiger partial charge in [-0.1, -0.05) is 17.7 Å². The Morgan fingerprint density at radius 2 is 2.33 bits per heavy atom. The van der Waals surface area contributed by atoms with Crippen molar-refractivity contribution in [3.05, 3.63) is 35.0 Å². The molecule has 2 rings (SSSR count). The molecule has 0 saturated heterocycles. The fraction of sp³-hybridized carbons (Fsp3) is 0.385. The lowest BCUT2D eigenvalue weighted by molar-refractivity contribution is 0.0644. The van der Waals surface area contributed by atoms with E-state index >= 15 is 0 Å². The van der Waals surface area contributed by atoms with E-state index in [0.29, 0.717) is 19.7 Å². The Balaban J connectivity index is 1.96. The molecule has 3 N–H and O–H groups in total. The summed E-state index contributed by atoms with van der Waals surface area (Å²) >= 11 is 5.93. The maximum atomic E-state index is 9.51. The Bertz CT molecular complexity index is 513. The Hall–Kier alpha value is -1.07. The molecule has 0 fully saturated rings. The van der Waals surface area contributed by atoms with Crippen molar-refractivity contribution in [3.63, 3.8) is 0 Å². The van der Waals surface area contributed by atoms with E-state index in [4.69, 9.17) is 16.3 Å². The minimum atomic E-state index is -0.477. The van der Waals surface area contributed by atoms with Crippen LogP contribution in [0.2, 0.25) is 5.02 Å². The van der Waals surface area contributed by atoms with Crippen LogP contribution in [0.5, 0.6) is 0 Å². The van der Waals surface area contributed by atoms with Gasteiger partial charge in [0.15, 0.2) is 0 Å². The van der Waals surface area contributed by atoms with E-state index < -0.39 is 6.10 Å². The van der Waals surface area contributed by atoms with Gasteiger partial charge in [0.25, 0.3) is 0 Å². The van der Waals surface area contributed by atoms with Gasteiger partial charge in [-0.25, -0.2) is 0 Å². The van der Waals surface area contributed by atoms with Crippen LogP contribution in [0.25, 0.3) is 10.9 Å². The van der Waals surface area contributed by atoms with Crippen molar-refractivity contribution in [2.24, 2.45) is 0 Å². The molecule has 18 heavy (non-hydrogen) atoms. The molecule has 1 aromatic carbocycles. The number of nitrogens with one attached hydrogen (secondary N) is 2. The molecule has 0 aliphatic rings. The Kier molecular flexibility index (Phi) is 4.60. The molecule has 1 atom stereocenters. The van der Waals surface area contributed by atoms with Crippen molar-refractivity contribution in [1.29, 1.82) is 0 Å². The summed E-state index contributed by atoms with van der Waals surface area (Å²) < 4.78 is 4.86. The average Bonchev–Trinajstić information content (AvgIpc) is 2.72. The number of aliphatic hydroxyl groups excluding tert-OH is 1. The monoisotopic (exact) mass is 268 g/mol. The second-order valence-corrected chi connectivity index (χ2v) is 4.68. The largest absolute Gasteiger partial charge is 0.389 e. The maximum absolute atomic E-state index is 9.51. The summed E-state index contributed by atoms with van der Waals surface area (Å²) in [4.78, 5) is 3.18. The van der Waals surface area contributed by atoms with Crippen LogP contribution < -0.4 is 5.32 Å². The van der Waals surface area contributed by atoms with Crippen molar-refractivity contribution in [2.45, 2.75) is 12.6 Å². The van der Waals surface area contributed by atoms with Crippen LogP contribution in [0, 0.1) is 0 Å². The zero-order chi connectivity index (χ0) is 13.0. The van der Waals surface area contributed by atoms with Crippen molar-refractivity contribution in [2.75, 3.05) is 20.3 Å². The van der Waals surface area contributed by atoms with Crippen LogP contribution in [0.1, 0.15) is 5.56 Å². The van der Waals surface area contributed by atoms with Crippen LogP contribution in [0.15, 0.2) is 24.4 Å². The molecular weight excluding hydrogens is 252 g/mol. The number of H-pyrrole nitrogens is 1. The van der Waals surface area contributed by atoms with Gasteiger partial charge in [0, 0.05) is 42.3 Å². The molecule has 5 heteroatoms. The molecule has 0 aliphatic heterocycles. The van der Waals surface area contributed by atoms with Crippen LogP contribution in [0.3, 0.4) is 0 Å². The number of hydrogen-bond acceptors (Lipinski definition) is 3. The number of aliphatic hydroxyl groups is 1. The molecule has 1 aromatic heterocycles. The van der Waals surface area contributed by atoms with Gasteiger partial charge in [-0.05, 0) is 17.7 Å².